The van der Waals surface area contributed by atoms with Crippen LogP contribution < -0.4 is 0 Å². The lowest BCUT2D eigenvalue weighted by atomic mass is 9.95. The van der Waals surface area contributed by atoms with Gasteiger partial charge in [-0.2, -0.15) is 0 Å². The molecule has 1 saturated heterocycles. The van der Waals surface area contributed by atoms with E-state index in [1.165, 1.54) is 0 Å². The summed E-state index contributed by atoms with van der Waals surface area (Å²) in [6.45, 7) is 3.94. The highest BCUT2D eigenvalue weighted by molar-refractivity contribution is 5.83. The summed E-state index contributed by atoms with van der Waals surface area (Å²) >= 11 is 0. The molecule has 1 aliphatic heterocycles. The van der Waals surface area contributed by atoms with Gasteiger partial charge < -0.3 is 10.0 Å². The van der Waals surface area contributed by atoms with Crippen LogP contribution >= 0.6 is 0 Å². The summed E-state index contributed by atoms with van der Waals surface area (Å²) in [4.78, 5) is 14.6. The molecule has 0 saturated carbocycles. The lowest BCUT2D eigenvalue weighted by Crippen LogP contribution is -2.33. The number of likely N-dealkylation sites (tertiary alicyclic amines) is 1. The third-order valence-corrected chi connectivity index (χ3v) is 4.04. The third kappa shape index (κ3) is 3.35. The van der Waals surface area contributed by atoms with Crippen LogP contribution in [-0.4, -0.2) is 35.6 Å². The van der Waals surface area contributed by atoms with E-state index in [-0.39, 0.29) is 18.4 Å². The van der Waals surface area contributed by atoms with Crippen molar-refractivity contribution in [3.63, 3.8) is 0 Å². The Morgan fingerprint density at radius 2 is 2.16 bits per heavy atom. The fraction of sp³-hybridized carbons (Fsp3) is 0.562. The van der Waals surface area contributed by atoms with Gasteiger partial charge >= 0.3 is 0 Å². The number of rotatable bonds is 5. The van der Waals surface area contributed by atoms with Gasteiger partial charge in [-0.05, 0) is 30.7 Å². The molecule has 0 bridgehead atoms. The lowest BCUT2D eigenvalue weighted by molar-refractivity contribution is -0.132. The summed E-state index contributed by atoms with van der Waals surface area (Å²) in [7, 11) is 0. The van der Waals surface area contributed by atoms with Gasteiger partial charge in [-0.25, -0.2) is 0 Å². The minimum atomic E-state index is -0.0194. The van der Waals surface area contributed by atoms with Crippen LogP contribution in [0.1, 0.15) is 37.7 Å². The Hall–Kier alpha value is -1.35. The molecule has 1 heterocycles. The van der Waals surface area contributed by atoms with Crippen LogP contribution in [0.2, 0.25) is 0 Å². The van der Waals surface area contributed by atoms with Gasteiger partial charge in [-0.3, -0.25) is 4.79 Å². The minimum Gasteiger partial charge on any atom is -0.396 e. The number of amides is 1. The van der Waals surface area contributed by atoms with Crippen molar-refractivity contribution in [2.24, 2.45) is 5.92 Å². The van der Waals surface area contributed by atoms with Crippen molar-refractivity contribution in [3.8, 4) is 0 Å². The number of carbonyl (C=O) groups excluding carboxylic acids is 1. The van der Waals surface area contributed by atoms with E-state index in [9.17, 15) is 4.79 Å². The van der Waals surface area contributed by atoms with Crippen LogP contribution in [0.15, 0.2) is 30.3 Å². The summed E-state index contributed by atoms with van der Waals surface area (Å²) < 4.78 is 0. The van der Waals surface area contributed by atoms with Gasteiger partial charge in [0.1, 0.15) is 0 Å². The van der Waals surface area contributed by atoms with Crippen molar-refractivity contribution in [1.29, 1.82) is 0 Å². The molecule has 19 heavy (non-hydrogen) atoms. The first-order valence-corrected chi connectivity index (χ1v) is 7.20. The summed E-state index contributed by atoms with van der Waals surface area (Å²) in [6, 6.07) is 10.0. The number of benzene rings is 1. The van der Waals surface area contributed by atoms with Crippen LogP contribution in [-0.2, 0) is 4.79 Å². The molecule has 1 aliphatic rings. The lowest BCUT2D eigenvalue weighted by Gasteiger charge is -2.23. The number of aliphatic hydroxyl groups excluding tert-OH is 1. The van der Waals surface area contributed by atoms with E-state index in [2.05, 4.69) is 6.92 Å². The van der Waals surface area contributed by atoms with E-state index < -0.39 is 0 Å². The second kappa shape index (κ2) is 6.71. The maximum absolute atomic E-state index is 12.6. The zero-order valence-corrected chi connectivity index (χ0v) is 11.6. The van der Waals surface area contributed by atoms with E-state index in [0.717, 1.165) is 37.9 Å². The molecule has 1 aromatic rings. The van der Waals surface area contributed by atoms with Crippen molar-refractivity contribution >= 4 is 5.91 Å². The molecule has 104 valence electrons. The molecule has 2 unspecified atom stereocenters. The van der Waals surface area contributed by atoms with E-state index >= 15 is 0 Å². The number of hydrogen-bond acceptors (Lipinski definition) is 2. The highest BCUT2D eigenvalue weighted by atomic mass is 16.3. The van der Waals surface area contributed by atoms with Gasteiger partial charge in [-0.1, -0.05) is 37.3 Å². The normalized spacial score (nSPS) is 20.5. The van der Waals surface area contributed by atoms with Gasteiger partial charge in [0.25, 0.3) is 0 Å². The second-order valence-electron chi connectivity index (χ2n) is 5.32. The molecular weight excluding hydrogens is 238 g/mol. The molecule has 0 aromatic heterocycles. The fourth-order valence-corrected chi connectivity index (χ4v) is 2.91. The smallest absolute Gasteiger partial charge is 0.230 e. The van der Waals surface area contributed by atoms with Gasteiger partial charge in [0.05, 0.1) is 5.92 Å². The number of nitrogens with zero attached hydrogens (tertiary/aromatic N) is 1. The quantitative estimate of drug-likeness (QED) is 0.884. The molecule has 3 heteroatoms. The predicted octanol–water partition coefficient (Wildman–Crippen LogP) is 2.41. The number of aliphatic hydroxyl groups is 1. The Kier molecular flexibility index (Phi) is 4.97. The first-order valence-electron chi connectivity index (χ1n) is 7.20. The van der Waals surface area contributed by atoms with Crippen molar-refractivity contribution in [2.45, 2.75) is 32.1 Å². The van der Waals surface area contributed by atoms with E-state index in [0.29, 0.717) is 5.92 Å². The largest absolute Gasteiger partial charge is 0.396 e. The van der Waals surface area contributed by atoms with Crippen LogP contribution in [0.25, 0.3) is 0 Å². The van der Waals surface area contributed by atoms with Crippen LogP contribution in [0, 0.1) is 5.92 Å². The zero-order valence-electron chi connectivity index (χ0n) is 11.6. The van der Waals surface area contributed by atoms with E-state index in [1.54, 1.807) is 0 Å². The predicted molar refractivity (Wildman–Crippen MR) is 75.9 cm³/mol. The van der Waals surface area contributed by atoms with Gasteiger partial charge in [0.2, 0.25) is 5.91 Å². The molecule has 0 radical (unpaired) electrons. The summed E-state index contributed by atoms with van der Waals surface area (Å²) in [5, 5.41) is 8.98. The van der Waals surface area contributed by atoms with Crippen LogP contribution in [0.3, 0.4) is 0 Å². The average molecular weight is 261 g/mol. The van der Waals surface area contributed by atoms with Crippen LogP contribution in [0.5, 0.6) is 0 Å². The highest BCUT2D eigenvalue weighted by Gasteiger charge is 2.30. The Labute approximate surface area is 115 Å². The Morgan fingerprint density at radius 1 is 1.42 bits per heavy atom. The topological polar surface area (TPSA) is 40.5 Å². The third-order valence-electron chi connectivity index (χ3n) is 4.04. The average Bonchev–Trinajstić information content (AvgIpc) is 2.90. The van der Waals surface area contributed by atoms with Crippen molar-refractivity contribution < 1.29 is 9.90 Å². The fourth-order valence-electron chi connectivity index (χ4n) is 2.91. The summed E-state index contributed by atoms with van der Waals surface area (Å²) in [6.07, 6.45) is 2.67. The molecule has 3 nitrogen and oxygen atoms in total. The van der Waals surface area contributed by atoms with E-state index in [4.69, 9.17) is 5.11 Å². The molecule has 1 amide bonds. The molecule has 2 atom stereocenters. The molecule has 1 N–H and O–H groups in total. The molecule has 0 aliphatic carbocycles. The monoisotopic (exact) mass is 261 g/mol. The first-order chi connectivity index (χ1) is 9.26. The molecule has 0 spiro atoms. The maximum Gasteiger partial charge on any atom is 0.230 e. The summed E-state index contributed by atoms with van der Waals surface area (Å²) in [5.74, 6) is 0.699. The van der Waals surface area contributed by atoms with E-state index in [1.807, 2.05) is 35.2 Å². The SMILES string of the molecule is CCC(C(=O)N1CCC(CCO)C1)c1ccccc1. The highest BCUT2D eigenvalue weighted by Crippen LogP contribution is 2.26. The summed E-state index contributed by atoms with van der Waals surface area (Å²) in [5.41, 5.74) is 1.11. The molecular formula is C16H23NO2. The first kappa shape index (κ1) is 14.1. The number of hydrogen-bond donors (Lipinski definition) is 1. The van der Waals surface area contributed by atoms with Crippen molar-refractivity contribution in [2.75, 3.05) is 19.7 Å². The van der Waals surface area contributed by atoms with Gasteiger partial charge in [-0.15, -0.1) is 0 Å². The van der Waals surface area contributed by atoms with Crippen molar-refractivity contribution in [1.82, 2.24) is 4.90 Å². The molecule has 1 aromatic carbocycles. The standard InChI is InChI=1S/C16H23NO2/c1-2-15(14-6-4-3-5-7-14)16(19)17-10-8-13(12-17)9-11-18/h3-7,13,15,18H,2,8-12H2,1H3. The van der Waals surface area contributed by atoms with Gasteiger partial charge in [0.15, 0.2) is 0 Å². The number of carbonyl (C=O) groups is 1. The Balaban J connectivity index is 2.02. The molecule has 1 fully saturated rings. The van der Waals surface area contributed by atoms with Crippen molar-refractivity contribution in [3.05, 3.63) is 35.9 Å². The zero-order chi connectivity index (χ0) is 13.7. The van der Waals surface area contributed by atoms with Crippen LogP contribution in [0.4, 0.5) is 0 Å². The van der Waals surface area contributed by atoms with Gasteiger partial charge in [0, 0.05) is 19.7 Å². The Morgan fingerprint density at radius 3 is 2.79 bits per heavy atom. The minimum absolute atomic E-state index is 0.0194. The Bertz CT molecular complexity index is 404. The second-order valence-corrected chi connectivity index (χ2v) is 5.32. The molecule has 2 rings (SSSR count). The maximum atomic E-state index is 12.6.